The lowest BCUT2D eigenvalue weighted by Crippen LogP contribution is -2.27. The Bertz CT molecular complexity index is 861. The average molecular weight is 350 g/mol. The number of nitrogens with zero attached hydrogens (tertiary/aromatic N) is 2. The maximum Gasteiger partial charge on any atom is 0.233 e. The van der Waals surface area contributed by atoms with Gasteiger partial charge < -0.3 is 4.90 Å². The maximum atomic E-state index is 12.4. The largest absolute Gasteiger partial charge is 0.341 e. The van der Waals surface area contributed by atoms with E-state index in [2.05, 4.69) is 36.2 Å². The van der Waals surface area contributed by atoms with Crippen molar-refractivity contribution in [2.75, 3.05) is 12.8 Å². The summed E-state index contributed by atoms with van der Waals surface area (Å²) in [6.07, 6.45) is 1.03. The third kappa shape index (κ3) is 4.60. The molecule has 0 radical (unpaired) electrons. The number of hydrogen-bond acceptors (Lipinski definition) is 3. The van der Waals surface area contributed by atoms with Crippen molar-refractivity contribution >= 4 is 28.6 Å². The monoisotopic (exact) mass is 350 g/mol. The summed E-state index contributed by atoms with van der Waals surface area (Å²) in [5, 5.41) is 2.00. The molecular weight excluding hydrogens is 328 g/mol. The minimum absolute atomic E-state index is 0.111. The minimum Gasteiger partial charge on any atom is -0.341 e. The zero-order valence-corrected chi connectivity index (χ0v) is 15.4. The minimum atomic E-state index is 0.111. The van der Waals surface area contributed by atoms with Crippen LogP contribution in [0, 0.1) is 0 Å². The van der Waals surface area contributed by atoms with E-state index >= 15 is 0 Å². The Balaban J connectivity index is 1.56. The molecule has 0 N–H and O–H groups in total. The molecule has 3 aromatic rings. The molecule has 0 saturated carbocycles. The van der Waals surface area contributed by atoms with Crippen LogP contribution in [0.15, 0.2) is 65.7 Å². The number of thioether (sulfide) groups is 1. The number of carbonyl (C=O) groups is 1. The zero-order valence-electron chi connectivity index (χ0n) is 14.6. The summed E-state index contributed by atoms with van der Waals surface area (Å²) in [6.45, 7) is 2.78. The van der Waals surface area contributed by atoms with Gasteiger partial charge in [-0.05, 0) is 29.7 Å². The van der Waals surface area contributed by atoms with Crippen molar-refractivity contribution in [3.05, 3.63) is 71.8 Å². The summed E-state index contributed by atoms with van der Waals surface area (Å²) in [5.41, 5.74) is 3.43. The van der Waals surface area contributed by atoms with Crippen molar-refractivity contribution in [2.24, 2.45) is 0 Å². The molecule has 0 atom stereocenters. The number of para-hydroxylation sites is 1. The number of benzene rings is 2. The molecule has 0 aliphatic heterocycles. The average Bonchev–Trinajstić information content (AvgIpc) is 2.66. The van der Waals surface area contributed by atoms with Gasteiger partial charge in [0.15, 0.2) is 0 Å². The Kier molecular flexibility index (Phi) is 5.71. The van der Waals surface area contributed by atoms with Crippen molar-refractivity contribution in [2.45, 2.75) is 24.9 Å². The van der Waals surface area contributed by atoms with Gasteiger partial charge >= 0.3 is 0 Å². The first kappa shape index (κ1) is 17.5. The Labute approximate surface area is 153 Å². The Morgan fingerprint density at radius 1 is 1.00 bits per heavy atom. The van der Waals surface area contributed by atoms with Crippen LogP contribution < -0.4 is 0 Å². The molecule has 128 valence electrons. The molecule has 4 heteroatoms. The fourth-order valence-electron chi connectivity index (χ4n) is 2.62. The maximum absolute atomic E-state index is 12.4. The predicted octanol–water partition coefficient (Wildman–Crippen LogP) is 4.55. The van der Waals surface area contributed by atoms with Crippen LogP contribution in [0.25, 0.3) is 10.9 Å². The Morgan fingerprint density at radius 2 is 1.72 bits per heavy atom. The highest BCUT2D eigenvalue weighted by Gasteiger charge is 2.10. The second-order valence-electron chi connectivity index (χ2n) is 6.05. The predicted molar refractivity (Wildman–Crippen MR) is 105 cm³/mol. The first-order chi connectivity index (χ1) is 12.2. The van der Waals surface area contributed by atoms with Gasteiger partial charge in [-0.25, -0.2) is 4.98 Å². The van der Waals surface area contributed by atoms with Crippen LogP contribution in [0.5, 0.6) is 0 Å². The first-order valence-electron chi connectivity index (χ1n) is 8.46. The van der Waals surface area contributed by atoms with Gasteiger partial charge in [-0.2, -0.15) is 0 Å². The van der Waals surface area contributed by atoms with E-state index in [1.807, 2.05) is 43.4 Å². The fourth-order valence-corrected chi connectivity index (χ4v) is 3.43. The van der Waals surface area contributed by atoms with E-state index in [0.717, 1.165) is 27.9 Å². The van der Waals surface area contributed by atoms with Crippen LogP contribution in [0.1, 0.15) is 18.1 Å². The van der Waals surface area contributed by atoms with E-state index in [4.69, 9.17) is 0 Å². The van der Waals surface area contributed by atoms with Crippen molar-refractivity contribution in [3.63, 3.8) is 0 Å². The van der Waals surface area contributed by atoms with Gasteiger partial charge in [-0.15, -0.1) is 0 Å². The number of amides is 1. The van der Waals surface area contributed by atoms with Crippen LogP contribution >= 0.6 is 11.8 Å². The highest BCUT2D eigenvalue weighted by atomic mass is 32.2. The molecule has 3 rings (SSSR count). The van der Waals surface area contributed by atoms with Crippen molar-refractivity contribution in [1.29, 1.82) is 0 Å². The highest BCUT2D eigenvalue weighted by molar-refractivity contribution is 7.99. The van der Waals surface area contributed by atoms with E-state index in [0.29, 0.717) is 12.3 Å². The molecule has 25 heavy (non-hydrogen) atoms. The van der Waals surface area contributed by atoms with Gasteiger partial charge in [-0.3, -0.25) is 4.79 Å². The smallest absolute Gasteiger partial charge is 0.233 e. The first-order valence-corrected chi connectivity index (χ1v) is 9.44. The lowest BCUT2D eigenvalue weighted by atomic mass is 10.1. The zero-order chi connectivity index (χ0) is 17.6. The van der Waals surface area contributed by atoms with Gasteiger partial charge in [0, 0.05) is 19.0 Å². The molecule has 0 aliphatic rings. The molecular formula is C21H22N2OS. The summed E-state index contributed by atoms with van der Waals surface area (Å²) in [5.74, 6) is 0.508. The van der Waals surface area contributed by atoms with E-state index < -0.39 is 0 Å². The van der Waals surface area contributed by atoms with Crippen LogP contribution in [0.2, 0.25) is 0 Å². The molecule has 2 aromatic carbocycles. The summed E-state index contributed by atoms with van der Waals surface area (Å²) < 4.78 is 0. The molecule has 0 spiro atoms. The summed E-state index contributed by atoms with van der Waals surface area (Å²) in [6, 6.07) is 20.5. The quantitative estimate of drug-likeness (QED) is 0.612. The molecule has 3 nitrogen and oxygen atoms in total. The topological polar surface area (TPSA) is 33.2 Å². The molecule has 1 heterocycles. The number of rotatable bonds is 6. The Hall–Kier alpha value is -2.33. The van der Waals surface area contributed by atoms with Crippen molar-refractivity contribution in [3.8, 4) is 0 Å². The molecule has 0 unspecified atom stereocenters. The lowest BCUT2D eigenvalue weighted by molar-refractivity contribution is -0.127. The van der Waals surface area contributed by atoms with E-state index in [9.17, 15) is 4.79 Å². The van der Waals surface area contributed by atoms with Gasteiger partial charge in [-0.1, -0.05) is 67.2 Å². The van der Waals surface area contributed by atoms with E-state index in [-0.39, 0.29) is 5.91 Å². The van der Waals surface area contributed by atoms with Crippen LogP contribution in [0.3, 0.4) is 0 Å². The summed E-state index contributed by atoms with van der Waals surface area (Å²) >= 11 is 1.49. The van der Waals surface area contributed by atoms with Gasteiger partial charge in [0.05, 0.1) is 16.3 Å². The van der Waals surface area contributed by atoms with Gasteiger partial charge in [0.25, 0.3) is 0 Å². The lowest BCUT2D eigenvalue weighted by Gasteiger charge is -2.17. The Morgan fingerprint density at radius 3 is 2.48 bits per heavy atom. The van der Waals surface area contributed by atoms with E-state index in [1.54, 1.807) is 4.90 Å². The van der Waals surface area contributed by atoms with Crippen LogP contribution in [-0.4, -0.2) is 28.6 Å². The molecule has 0 aliphatic carbocycles. The highest BCUT2D eigenvalue weighted by Crippen LogP contribution is 2.20. The van der Waals surface area contributed by atoms with Crippen LogP contribution in [-0.2, 0) is 17.8 Å². The fraction of sp³-hybridized carbons (Fsp3) is 0.238. The number of aromatic nitrogens is 1. The molecule has 0 saturated heterocycles. The molecule has 1 amide bonds. The van der Waals surface area contributed by atoms with Gasteiger partial charge in [0.2, 0.25) is 5.91 Å². The summed E-state index contributed by atoms with van der Waals surface area (Å²) in [7, 11) is 1.85. The number of fused-ring (bicyclic) bond motifs is 1. The van der Waals surface area contributed by atoms with Crippen molar-refractivity contribution < 1.29 is 4.79 Å². The van der Waals surface area contributed by atoms with Crippen LogP contribution in [0.4, 0.5) is 0 Å². The molecule has 0 fully saturated rings. The molecule has 0 bridgehead atoms. The number of hydrogen-bond donors (Lipinski definition) is 0. The summed E-state index contributed by atoms with van der Waals surface area (Å²) in [4.78, 5) is 18.8. The third-order valence-electron chi connectivity index (χ3n) is 4.19. The standard InChI is InChI=1S/C21H22N2OS/c1-3-16-8-10-17(11-9-16)14-23(2)21(24)15-25-20-13-12-18-6-4-5-7-19(18)22-20/h4-13H,3,14-15H2,1-2H3. The third-order valence-corrected chi connectivity index (χ3v) is 5.11. The van der Waals surface area contributed by atoms with Gasteiger partial charge in [0.1, 0.15) is 0 Å². The second-order valence-corrected chi connectivity index (χ2v) is 7.05. The number of carbonyl (C=O) groups excluding carboxylic acids is 1. The normalized spacial score (nSPS) is 10.8. The van der Waals surface area contributed by atoms with E-state index in [1.165, 1.54) is 17.3 Å². The molecule has 1 aromatic heterocycles. The SMILES string of the molecule is CCc1ccc(CN(C)C(=O)CSc2ccc3ccccc3n2)cc1. The van der Waals surface area contributed by atoms with Crippen molar-refractivity contribution in [1.82, 2.24) is 9.88 Å². The number of pyridine rings is 1. The number of aryl methyl sites for hydroxylation is 1. The second kappa shape index (κ2) is 8.17.